The number of rotatable bonds is 1. The van der Waals surface area contributed by atoms with Crippen LogP contribution in [0.3, 0.4) is 0 Å². The molecule has 0 radical (unpaired) electrons. The van der Waals surface area contributed by atoms with Crippen LogP contribution in [0.1, 0.15) is 25.7 Å². The van der Waals surface area contributed by atoms with Gasteiger partial charge >= 0.3 is 0 Å². The Morgan fingerprint density at radius 3 is 2.50 bits per heavy atom. The molecule has 1 aromatic rings. The minimum atomic E-state index is -0.252. The SMILES string of the molecule is Nc1cc(F)ccc1N1CC2(CCCC2)C1. The lowest BCUT2D eigenvalue weighted by Crippen LogP contribution is -2.55. The van der Waals surface area contributed by atoms with Crippen molar-refractivity contribution in [2.45, 2.75) is 25.7 Å². The van der Waals surface area contributed by atoms with E-state index >= 15 is 0 Å². The largest absolute Gasteiger partial charge is 0.397 e. The Bertz CT molecular complexity index is 402. The lowest BCUT2D eigenvalue weighted by atomic mass is 9.78. The van der Waals surface area contributed by atoms with E-state index < -0.39 is 0 Å². The van der Waals surface area contributed by atoms with Crippen LogP contribution in [-0.2, 0) is 0 Å². The first-order valence-corrected chi connectivity index (χ1v) is 5.99. The van der Waals surface area contributed by atoms with E-state index in [0.717, 1.165) is 18.8 Å². The fourth-order valence-electron chi connectivity index (χ4n) is 3.19. The van der Waals surface area contributed by atoms with Crippen LogP contribution in [0.5, 0.6) is 0 Å². The zero-order chi connectivity index (χ0) is 11.2. The molecule has 1 aromatic carbocycles. The van der Waals surface area contributed by atoms with Crippen molar-refractivity contribution in [3.05, 3.63) is 24.0 Å². The fraction of sp³-hybridized carbons (Fsp3) is 0.538. The van der Waals surface area contributed by atoms with Crippen molar-refractivity contribution in [2.24, 2.45) is 5.41 Å². The molecule has 0 atom stereocenters. The number of anilines is 2. The van der Waals surface area contributed by atoms with E-state index in [0.29, 0.717) is 11.1 Å². The molecule has 1 saturated heterocycles. The van der Waals surface area contributed by atoms with E-state index in [1.54, 1.807) is 6.07 Å². The smallest absolute Gasteiger partial charge is 0.125 e. The summed E-state index contributed by atoms with van der Waals surface area (Å²) in [6, 6.07) is 4.70. The zero-order valence-electron chi connectivity index (χ0n) is 9.38. The standard InChI is InChI=1S/C13H17FN2/c14-10-3-4-12(11(15)7-10)16-8-13(9-16)5-1-2-6-13/h3-4,7H,1-2,5-6,8-9,15H2. The van der Waals surface area contributed by atoms with Gasteiger partial charge in [0.1, 0.15) is 5.82 Å². The Hall–Kier alpha value is -1.25. The van der Waals surface area contributed by atoms with Gasteiger partial charge in [-0.3, -0.25) is 0 Å². The second-order valence-electron chi connectivity index (χ2n) is 5.27. The van der Waals surface area contributed by atoms with Gasteiger partial charge in [0.05, 0.1) is 11.4 Å². The van der Waals surface area contributed by atoms with Gasteiger partial charge in [-0.05, 0) is 31.0 Å². The summed E-state index contributed by atoms with van der Waals surface area (Å²) < 4.78 is 12.9. The van der Waals surface area contributed by atoms with Gasteiger partial charge in [0.25, 0.3) is 0 Å². The van der Waals surface area contributed by atoms with Crippen molar-refractivity contribution in [1.29, 1.82) is 0 Å². The molecule has 2 aliphatic rings. The van der Waals surface area contributed by atoms with Crippen molar-refractivity contribution in [3.63, 3.8) is 0 Å². The topological polar surface area (TPSA) is 29.3 Å². The average molecular weight is 220 g/mol. The van der Waals surface area contributed by atoms with Gasteiger partial charge in [-0.15, -0.1) is 0 Å². The lowest BCUT2D eigenvalue weighted by Gasteiger charge is -2.50. The number of hydrogen-bond acceptors (Lipinski definition) is 2. The highest BCUT2D eigenvalue weighted by Gasteiger charge is 2.44. The lowest BCUT2D eigenvalue weighted by molar-refractivity contribution is 0.222. The first-order chi connectivity index (χ1) is 7.69. The predicted octanol–water partition coefficient (Wildman–Crippen LogP) is 2.79. The van der Waals surface area contributed by atoms with E-state index in [4.69, 9.17) is 5.73 Å². The maximum Gasteiger partial charge on any atom is 0.125 e. The highest BCUT2D eigenvalue weighted by atomic mass is 19.1. The molecule has 0 unspecified atom stereocenters. The van der Waals surface area contributed by atoms with Gasteiger partial charge in [0.2, 0.25) is 0 Å². The number of hydrogen-bond donors (Lipinski definition) is 1. The number of nitrogen functional groups attached to an aromatic ring is 1. The van der Waals surface area contributed by atoms with E-state index in [1.807, 2.05) is 0 Å². The molecule has 1 spiro atoms. The van der Waals surface area contributed by atoms with Gasteiger partial charge in [-0.1, -0.05) is 12.8 Å². The number of nitrogens with two attached hydrogens (primary N) is 1. The van der Waals surface area contributed by atoms with Crippen LogP contribution in [0.2, 0.25) is 0 Å². The van der Waals surface area contributed by atoms with Gasteiger partial charge in [-0.25, -0.2) is 4.39 Å². The molecule has 86 valence electrons. The van der Waals surface area contributed by atoms with Crippen LogP contribution in [-0.4, -0.2) is 13.1 Å². The maximum absolute atomic E-state index is 12.9. The number of benzene rings is 1. The van der Waals surface area contributed by atoms with Gasteiger partial charge in [0.15, 0.2) is 0 Å². The molecule has 1 heterocycles. The Morgan fingerprint density at radius 2 is 1.88 bits per heavy atom. The molecule has 3 rings (SSSR count). The first kappa shape index (κ1) is 9.94. The van der Waals surface area contributed by atoms with Gasteiger partial charge in [-0.2, -0.15) is 0 Å². The normalized spacial score (nSPS) is 22.4. The molecular formula is C13H17FN2. The molecule has 16 heavy (non-hydrogen) atoms. The van der Waals surface area contributed by atoms with Crippen LogP contribution in [0.15, 0.2) is 18.2 Å². The fourth-order valence-corrected chi connectivity index (χ4v) is 3.19. The molecule has 1 aliphatic heterocycles. The summed E-state index contributed by atoms with van der Waals surface area (Å²) in [7, 11) is 0. The van der Waals surface area contributed by atoms with Crippen molar-refractivity contribution < 1.29 is 4.39 Å². The monoisotopic (exact) mass is 220 g/mol. The van der Waals surface area contributed by atoms with E-state index in [9.17, 15) is 4.39 Å². The molecule has 1 saturated carbocycles. The molecule has 0 aromatic heterocycles. The molecular weight excluding hydrogens is 203 g/mol. The molecule has 1 aliphatic carbocycles. The average Bonchev–Trinajstić information content (AvgIpc) is 2.65. The molecule has 3 heteroatoms. The minimum absolute atomic E-state index is 0.252. The Morgan fingerprint density at radius 1 is 1.19 bits per heavy atom. The predicted molar refractivity (Wildman–Crippen MR) is 63.9 cm³/mol. The summed E-state index contributed by atoms with van der Waals surface area (Å²) in [5.74, 6) is -0.252. The third-order valence-electron chi connectivity index (χ3n) is 4.05. The van der Waals surface area contributed by atoms with Crippen LogP contribution in [0.25, 0.3) is 0 Å². The zero-order valence-corrected chi connectivity index (χ0v) is 9.38. The van der Waals surface area contributed by atoms with Crippen LogP contribution in [0.4, 0.5) is 15.8 Å². The summed E-state index contributed by atoms with van der Waals surface area (Å²) in [6.45, 7) is 2.20. The van der Waals surface area contributed by atoms with E-state index in [1.165, 1.54) is 37.8 Å². The Balaban J connectivity index is 1.76. The van der Waals surface area contributed by atoms with Crippen molar-refractivity contribution in [3.8, 4) is 0 Å². The first-order valence-electron chi connectivity index (χ1n) is 5.99. The minimum Gasteiger partial charge on any atom is -0.397 e. The van der Waals surface area contributed by atoms with Gasteiger partial charge in [0, 0.05) is 18.5 Å². The Labute approximate surface area is 95.2 Å². The quantitative estimate of drug-likeness (QED) is 0.737. The molecule has 2 fully saturated rings. The van der Waals surface area contributed by atoms with Crippen LogP contribution >= 0.6 is 0 Å². The number of nitrogens with zero attached hydrogens (tertiary/aromatic N) is 1. The third kappa shape index (κ3) is 1.46. The van der Waals surface area contributed by atoms with Crippen molar-refractivity contribution >= 4 is 11.4 Å². The molecule has 0 amide bonds. The second kappa shape index (κ2) is 3.37. The van der Waals surface area contributed by atoms with Crippen LogP contribution < -0.4 is 10.6 Å². The van der Waals surface area contributed by atoms with Crippen molar-refractivity contribution in [1.82, 2.24) is 0 Å². The van der Waals surface area contributed by atoms with Crippen LogP contribution in [0, 0.1) is 11.2 Å². The summed E-state index contributed by atoms with van der Waals surface area (Å²) in [4.78, 5) is 2.28. The summed E-state index contributed by atoms with van der Waals surface area (Å²) >= 11 is 0. The highest BCUT2D eigenvalue weighted by Crippen LogP contribution is 2.47. The second-order valence-corrected chi connectivity index (χ2v) is 5.27. The van der Waals surface area contributed by atoms with E-state index in [2.05, 4.69) is 4.90 Å². The molecule has 2 N–H and O–H groups in total. The third-order valence-corrected chi connectivity index (χ3v) is 4.05. The summed E-state index contributed by atoms with van der Waals surface area (Å²) in [6.07, 6.45) is 5.44. The Kier molecular flexibility index (Phi) is 2.09. The molecule has 0 bridgehead atoms. The van der Waals surface area contributed by atoms with Gasteiger partial charge < -0.3 is 10.6 Å². The summed E-state index contributed by atoms with van der Waals surface area (Å²) in [5, 5.41) is 0. The summed E-state index contributed by atoms with van der Waals surface area (Å²) in [5.41, 5.74) is 7.96. The van der Waals surface area contributed by atoms with E-state index in [-0.39, 0.29) is 5.82 Å². The highest BCUT2D eigenvalue weighted by molar-refractivity contribution is 5.69. The molecule has 2 nitrogen and oxygen atoms in total. The van der Waals surface area contributed by atoms with Crippen molar-refractivity contribution in [2.75, 3.05) is 23.7 Å². The maximum atomic E-state index is 12.9. The number of halogens is 1.